The standard InChI is InChI=1S/C15H16ClN3OS/c1-3-12(15-17-6-7-21-15)19-13-5-4-10(20-2)8-11(13)18-14(19)9-16/h4-8,12H,3,9H2,1-2H3. The lowest BCUT2D eigenvalue weighted by atomic mass is 10.2. The molecule has 110 valence electrons. The third-order valence-electron chi connectivity index (χ3n) is 3.52. The zero-order valence-corrected chi connectivity index (χ0v) is 13.5. The van der Waals surface area contributed by atoms with E-state index in [9.17, 15) is 0 Å². The number of ether oxygens (including phenoxy) is 1. The number of methoxy groups -OCH3 is 1. The first-order chi connectivity index (χ1) is 10.3. The minimum absolute atomic E-state index is 0.164. The van der Waals surface area contributed by atoms with Gasteiger partial charge in [-0.15, -0.1) is 22.9 Å². The van der Waals surface area contributed by atoms with E-state index in [0.717, 1.165) is 34.0 Å². The van der Waals surface area contributed by atoms with Crippen LogP contribution in [0.25, 0.3) is 11.0 Å². The van der Waals surface area contributed by atoms with Gasteiger partial charge in [0.15, 0.2) is 0 Å². The van der Waals surface area contributed by atoms with Crippen LogP contribution in [-0.2, 0) is 5.88 Å². The molecule has 1 atom stereocenters. The zero-order chi connectivity index (χ0) is 14.8. The molecular formula is C15H16ClN3OS. The van der Waals surface area contributed by atoms with Gasteiger partial charge < -0.3 is 9.30 Å². The van der Waals surface area contributed by atoms with Crippen LogP contribution < -0.4 is 4.74 Å². The summed E-state index contributed by atoms with van der Waals surface area (Å²) in [5.74, 6) is 2.04. The van der Waals surface area contributed by atoms with Gasteiger partial charge in [0.1, 0.15) is 16.6 Å². The van der Waals surface area contributed by atoms with Crippen molar-refractivity contribution < 1.29 is 4.74 Å². The van der Waals surface area contributed by atoms with Gasteiger partial charge in [-0.3, -0.25) is 0 Å². The predicted molar refractivity (Wildman–Crippen MR) is 86.4 cm³/mol. The normalized spacial score (nSPS) is 12.7. The average Bonchev–Trinajstić information content (AvgIpc) is 3.16. The van der Waals surface area contributed by atoms with Crippen molar-refractivity contribution in [1.29, 1.82) is 0 Å². The molecule has 1 aromatic carbocycles. The van der Waals surface area contributed by atoms with E-state index in [0.29, 0.717) is 5.88 Å². The van der Waals surface area contributed by atoms with Crippen LogP contribution in [0.2, 0.25) is 0 Å². The molecule has 3 rings (SSSR count). The third-order valence-corrected chi connectivity index (χ3v) is 4.64. The first kappa shape index (κ1) is 14.4. The molecular weight excluding hydrogens is 306 g/mol. The predicted octanol–water partition coefficient (Wildman–Crippen LogP) is 4.24. The van der Waals surface area contributed by atoms with Crippen LogP contribution in [0.3, 0.4) is 0 Å². The Hall–Kier alpha value is -1.59. The highest BCUT2D eigenvalue weighted by atomic mass is 35.5. The number of nitrogens with zero attached hydrogens (tertiary/aromatic N) is 3. The van der Waals surface area contributed by atoms with Crippen molar-refractivity contribution in [2.45, 2.75) is 25.3 Å². The molecule has 0 aliphatic heterocycles. The Morgan fingerprint density at radius 2 is 2.29 bits per heavy atom. The van der Waals surface area contributed by atoms with E-state index in [4.69, 9.17) is 16.3 Å². The topological polar surface area (TPSA) is 39.9 Å². The quantitative estimate of drug-likeness (QED) is 0.660. The van der Waals surface area contributed by atoms with Gasteiger partial charge in [0.05, 0.1) is 30.1 Å². The van der Waals surface area contributed by atoms with Crippen LogP contribution in [0.1, 0.15) is 30.2 Å². The number of thiazole rings is 1. The minimum Gasteiger partial charge on any atom is -0.497 e. The number of rotatable bonds is 5. The number of fused-ring (bicyclic) bond motifs is 1. The molecule has 21 heavy (non-hydrogen) atoms. The molecule has 3 aromatic rings. The maximum absolute atomic E-state index is 6.11. The van der Waals surface area contributed by atoms with Crippen molar-refractivity contribution in [1.82, 2.24) is 14.5 Å². The Bertz CT molecular complexity index is 739. The maximum atomic E-state index is 6.11. The van der Waals surface area contributed by atoms with Gasteiger partial charge in [0.2, 0.25) is 0 Å². The van der Waals surface area contributed by atoms with Crippen molar-refractivity contribution >= 4 is 34.0 Å². The number of halogens is 1. The van der Waals surface area contributed by atoms with Gasteiger partial charge in [-0.25, -0.2) is 9.97 Å². The number of benzene rings is 1. The Kier molecular flexibility index (Phi) is 4.12. The SMILES string of the molecule is CCC(c1nccs1)n1c(CCl)nc2cc(OC)ccc21. The van der Waals surface area contributed by atoms with Crippen molar-refractivity contribution in [3.05, 3.63) is 40.6 Å². The number of hydrogen-bond acceptors (Lipinski definition) is 4. The summed E-state index contributed by atoms with van der Waals surface area (Å²) in [5, 5.41) is 3.08. The molecule has 2 aromatic heterocycles. The highest BCUT2D eigenvalue weighted by Gasteiger charge is 2.21. The summed E-state index contributed by atoms with van der Waals surface area (Å²) in [7, 11) is 1.66. The highest BCUT2D eigenvalue weighted by Crippen LogP contribution is 2.31. The fourth-order valence-electron chi connectivity index (χ4n) is 2.56. The van der Waals surface area contributed by atoms with Crippen LogP contribution in [0, 0.1) is 0 Å². The lowest BCUT2D eigenvalue weighted by Crippen LogP contribution is -2.12. The van der Waals surface area contributed by atoms with Crippen LogP contribution in [0.15, 0.2) is 29.8 Å². The monoisotopic (exact) mass is 321 g/mol. The molecule has 0 bridgehead atoms. The second kappa shape index (κ2) is 6.03. The van der Waals surface area contributed by atoms with Gasteiger partial charge in [-0.05, 0) is 18.6 Å². The van der Waals surface area contributed by atoms with Crippen molar-refractivity contribution in [2.75, 3.05) is 7.11 Å². The van der Waals surface area contributed by atoms with E-state index in [1.165, 1.54) is 0 Å². The molecule has 0 radical (unpaired) electrons. The van der Waals surface area contributed by atoms with Gasteiger partial charge >= 0.3 is 0 Å². The Labute approximate surface area is 132 Å². The molecule has 2 heterocycles. The number of aromatic nitrogens is 3. The second-order valence-electron chi connectivity index (χ2n) is 4.68. The molecule has 0 N–H and O–H groups in total. The minimum atomic E-state index is 0.164. The van der Waals surface area contributed by atoms with E-state index in [2.05, 4.69) is 21.5 Å². The van der Waals surface area contributed by atoms with Gasteiger partial charge in [0, 0.05) is 17.6 Å². The Morgan fingerprint density at radius 3 is 2.90 bits per heavy atom. The maximum Gasteiger partial charge on any atom is 0.125 e. The molecule has 0 aliphatic rings. The Balaban J connectivity index is 2.20. The summed E-state index contributed by atoms with van der Waals surface area (Å²) in [5.41, 5.74) is 1.97. The van der Waals surface area contributed by atoms with E-state index in [1.807, 2.05) is 29.8 Å². The summed E-state index contributed by atoms with van der Waals surface area (Å²) in [4.78, 5) is 9.11. The lowest BCUT2D eigenvalue weighted by molar-refractivity contribution is 0.415. The summed E-state index contributed by atoms with van der Waals surface area (Å²) in [6.45, 7) is 2.15. The largest absolute Gasteiger partial charge is 0.497 e. The lowest BCUT2D eigenvalue weighted by Gasteiger charge is -2.17. The van der Waals surface area contributed by atoms with Crippen molar-refractivity contribution in [2.24, 2.45) is 0 Å². The van der Waals surface area contributed by atoms with E-state index in [1.54, 1.807) is 18.4 Å². The fourth-order valence-corrected chi connectivity index (χ4v) is 3.56. The first-order valence-electron chi connectivity index (χ1n) is 6.78. The van der Waals surface area contributed by atoms with Gasteiger partial charge in [0.25, 0.3) is 0 Å². The average molecular weight is 322 g/mol. The van der Waals surface area contributed by atoms with E-state index in [-0.39, 0.29) is 6.04 Å². The summed E-state index contributed by atoms with van der Waals surface area (Å²) in [6.07, 6.45) is 2.78. The molecule has 1 unspecified atom stereocenters. The summed E-state index contributed by atoms with van der Waals surface area (Å²) >= 11 is 7.77. The van der Waals surface area contributed by atoms with E-state index < -0.39 is 0 Å². The number of imidazole rings is 1. The third kappa shape index (κ3) is 2.51. The smallest absolute Gasteiger partial charge is 0.125 e. The first-order valence-corrected chi connectivity index (χ1v) is 8.20. The van der Waals surface area contributed by atoms with Gasteiger partial charge in [-0.2, -0.15) is 0 Å². The van der Waals surface area contributed by atoms with Crippen LogP contribution >= 0.6 is 22.9 Å². The molecule has 0 aliphatic carbocycles. The van der Waals surface area contributed by atoms with Crippen LogP contribution in [0.5, 0.6) is 5.75 Å². The zero-order valence-electron chi connectivity index (χ0n) is 11.9. The van der Waals surface area contributed by atoms with E-state index >= 15 is 0 Å². The molecule has 6 heteroatoms. The fraction of sp³-hybridized carbons (Fsp3) is 0.333. The van der Waals surface area contributed by atoms with Crippen LogP contribution in [-0.4, -0.2) is 21.6 Å². The molecule has 0 amide bonds. The highest BCUT2D eigenvalue weighted by molar-refractivity contribution is 7.09. The molecule has 0 saturated heterocycles. The number of hydrogen-bond donors (Lipinski definition) is 0. The summed E-state index contributed by atoms with van der Waals surface area (Å²) in [6, 6.07) is 6.09. The molecule has 0 spiro atoms. The number of alkyl halides is 1. The molecule has 0 fully saturated rings. The van der Waals surface area contributed by atoms with Gasteiger partial charge in [-0.1, -0.05) is 6.92 Å². The van der Waals surface area contributed by atoms with Crippen molar-refractivity contribution in [3.8, 4) is 5.75 Å². The second-order valence-corrected chi connectivity index (χ2v) is 5.87. The van der Waals surface area contributed by atoms with Crippen molar-refractivity contribution in [3.63, 3.8) is 0 Å². The summed E-state index contributed by atoms with van der Waals surface area (Å²) < 4.78 is 7.47. The molecule has 4 nitrogen and oxygen atoms in total. The Morgan fingerprint density at radius 1 is 1.43 bits per heavy atom. The molecule has 0 saturated carbocycles. The van der Waals surface area contributed by atoms with Crippen LogP contribution in [0.4, 0.5) is 0 Å².